The number of nitrogens with zero attached hydrogens (tertiary/aromatic N) is 2. The monoisotopic (exact) mass is 363 g/mol. The minimum atomic E-state index is -1.03. The molecule has 3 fully saturated rings. The van der Waals surface area contributed by atoms with Gasteiger partial charge in [0, 0.05) is 17.9 Å². The van der Waals surface area contributed by atoms with Gasteiger partial charge < -0.3 is 10.2 Å². The summed E-state index contributed by atoms with van der Waals surface area (Å²) < 4.78 is -1.03. The molecule has 0 radical (unpaired) electrons. The lowest BCUT2D eigenvalue weighted by Gasteiger charge is -2.23. The van der Waals surface area contributed by atoms with E-state index >= 15 is 0 Å². The first-order valence-corrected chi connectivity index (χ1v) is 9.19. The van der Waals surface area contributed by atoms with Crippen LogP contribution in [0.15, 0.2) is 30.3 Å². The number of benzene rings is 1. The van der Waals surface area contributed by atoms with Gasteiger partial charge in [0.2, 0.25) is 5.91 Å². The van der Waals surface area contributed by atoms with Crippen LogP contribution in [0.4, 0.5) is 0 Å². The van der Waals surface area contributed by atoms with Crippen LogP contribution < -0.4 is 5.32 Å². The van der Waals surface area contributed by atoms with E-state index in [1.807, 2.05) is 35.2 Å². The standard InChI is InChI=1S/C18H19Cl2N3O/c19-18(20,11-4-2-1-3-5-11)14-9-13(14)17(24)22-15-8-12-6-7-16(15)23(12)10-21/h1-5,12-16H,6-9H2,(H,22,24)/t12-,13?,14?,15+,16+/m0/s1. The molecular formula is C18H19Cl2N3O. The highest BCUT2D eigenvalue weighted by molar-refractivity contribution is 6.48. The molecule has 2 heterocycles. The van der Waals surface area contributed by atoms with Crippen molar-refractivity contribution < 1.29 is 4.79 Å². The topological polar surface area (TPSA) is 56.1 Å². The molecule has 4 rings (SSSR count). The van der Waals surface area contributed by atoms with Gasteiger partial charge in [-0.2, -0.15) is 5.26 Å². The van der Waals surface area contributed by atoms with Crippen LogP contribution in [0.2, 0.25) is 0 Å². The number of halogens is 2. The van der Waals surface area contributed by atoms with Gasteiger partial charge in [0.15, 0.2) is 6.19 Å². The van der Waals surface area contributed by atoms with Crippen LogP contribution in [0.3, 0.4) is 0 Å². The lowest BCUT2D eigenvalue weighted by atomic mass is 9.95. The highest BCUT2D eigenvalue weighted by atomic mass is 35.5. The van der Waals surface area contributed by atoms with E-state index in [1.165, 1.54) is 0 Å². The number of fused-ring (bicyclic) bond motifs is 2. The number of rotatable bonds is 4. The molecule has 1 aromatic rings. The van der Waals surface area contributed by atoms with E-state index in [2.05, 4.69) is 11.5 Å². The first-order chi connectivity index (χ1) is 11.5. The molecule has 2 saturated heterocycles. The minimum absolute atomic E-state index is 0.0250. The molecule has 1 aromatic carbocycles. The van der Waals surface area contributed by atoms with Crippen LogP contribution >= 0.6 is 23.2 Å². The third-order valence-electron chi connectivity index (χ3n) is 5.73. The maximum Gasteiger partial charge on any atom is 0.223 e. The zero-order valence-electron chi connectivity index (χ0n) is 13.2. The predicted molar refractivity (Wildman–Crippen MR) is 92.2 cm³/mol. The molecular weight excluding hydrogens is 345 g/mol. The van der Waals surface area contributed by atoms with Crippen molar-refractivity contribution in [2.24, 2.45) is 11.8 Å². The Morgan fingerprint density at radius 3 is 2.67 bits per heavy atom. The summed E-state index contributed by atoms with van der Waals surface area (Å²) in [6, 6.07) is 10.0. The summed E-state index contributed by atoms with van der Waals surface area (Å²) in [7, 11) is 0. The van der Waals surface area contributed by atoms with E-state index < -0.39 is 4.33 Å². The molecule has 24 heavy (non-hydrogen) atoms. The van der Waals surface area contributed by atoms with Crippen molar-refractivity contribution in [3.63, 3.8) is 0 Å². The van der Waals surface area contributed by atoms with E-state index in [9.17, 15) is 10.1 Å². The van der Waals surface area contributed by atoms with Crippen LogP contribution in [-0.4, -0.2) is 28.9 Å². The Labute approximate surface area is 151 Å². The van der Waals surface area contributed by atoms with Gasteiger partial charge in [0.25, 0.3) is 0 Å². The Bertz CT molecular complexity index is 687. The van der Waals surface area contributed by atoms with Crippen molar-refractivity contribution in [2.45, 2.75) is 48.1 Å². The third-order valence-corrected chi connectivity index (χ3v) is 6.73. The second-order valence-electron chi connectivity index (χ2n) is 7.09. The fourth-order valence-corrected chi connectivity index (χ4v) is 5.08. The Kier molecular flexibility index (Phi) is 3.89. The molecule has 1 aliphatic carbocycles. The molecule has 0 spiro atoms. The van der Waals surface area contributed by atoms with Gasteiger partial charge in [0.05, 0.1) is 12.1 Å². The number of nitrogens with one attached hydrogen (secondary N) is 1. The second kappa shape index (κ2) is 5.82. The fourth-order valence-electron chi connectivity index (χ4n) is 4.35. The molecule has 2 aliphatic heterocycles. The lowest BCUT2D eigenvalue weighted by molar-refractivity contribution is -0.123. The zero-order chi connectivity index (χ0) is 16.9. The van der Waals surface area contributed by atoms with Crippen LogP contribution in [0, 0.1) is 23.3 Å². The summed E-state index contributed by atoms with van der Waals surface area (Å²) >= 11 is 13.1. The molecule has 126 valence electrons. The highest BCUT2D eigenvalue weighted by Crippen LogP contribution is 2.57. The van der Waals surface area contributed by atoms with Crippen molar-refractivity contribution in [1.82, 2.24) is 10.2 Å². The lowest BCUT2D eigenvalue weighted by Crippen LogP contribution is -2.44. The van der Waals surface area contributed by atoms with Gasteiger partial charge in [-0.05, 0) is 31.2 Å². The first kappa shape index (κ1) is 16.1. The smallest absolute Gasteiger partial charge is 0.223 e. The summed E-state index contributed by atoms with van der Waals surface area (Å²) in [5.41, 5.74) is 0.837. The number of amides is 1. The van der Waals surface area contributed by atoms with Crippen molar-refractivity contribution in [2.75, 3.05) is 0 Å². The average molecular weight is 364 g/mol. The Balaban J connectivity index is 1.39. The van der Waals surface area contributed by atoms with Crippen LogP contribution in [0.5, 0.6) is 0 Å². The predicted octanol–water partition coefficient (Wildman–Crippen LogP) is 3.16. The number of alkyl halides is 2. The van der Waals surface area contributed by atoms with Crippen molar-refractivity contribution in [3.05, 3.63) is 35.9 Å². The largest absolute Gasteiger partial charge is 0.351 e. The van der Waals surface area contributed by atoms with Gasteiger partial charge in [0.1, 0.15) is 4.33 Å². The van der Waals surface area contributed by atoms with E-state index in [-0.39, 0.29) is 29.8 Å². The summed E-state index contributed by atoms with van der Waals surface area (Å²) in [6.45, 7) is 0. The van der Waals surface area contributed by atoms with Gasteiger partial charge in [-0.25, -0.2) is 0 Å². The number of carbonyl (C=O) groups is 1. The molecule has 1 saturated carbocycles. The second-order valence-corrected chi connectivity index (χ2v) is 8.48. The Morgan fingerprint density at radius 2 is 2.00 bits per heavy atom. The number of carbonyl (C=O) groups excluding carboxylic acids is 1. The molecule has 0 aromatic heterocycles. The van der Waals surface area contributed by atoms with E-state index in [1.54, 1.807) is 0 Å². The molecule has 2 bridgehead atoms. The maximum atomic E-state index is 12.6. The fraction of sp³-hybridized carbons (Fsp3) is 0.556. The van der Waals surface area contributed by atoms with Crippen molar-refractivity contribution in [3.8, 4) is 6.19 Å². The zero-order valence-corrected chi connectivity index (χ0v) is 14.7. The van der Waals surface area contributed by atoms with E-state index in [4.69, 9.17) is 23.2 Å². The summed E-state index contributed by atoms with van der Waals surface area (Å²) in [5.74, 6) is -0.180. The van der Waals surface area contributed by atoms with Crippen LogP contribution in [0.1, 0.15) is 31.2 Å². The number of nitriles is 1. The molecule has 5 atom stereocenters. The number of hydrogen-bond acceptors (Lipinski definition) is 3. The quantitative estimate of drug-likeness (QED) is 0.660. The van der Waals surface area contributed by atoms with E-state index in [0.717, 1.165) is 24.8 Å². The minimum Gasteiger partial charge on any atom is -0.351 e. The molecule has 6 heteroatoms. The van der Waals surface area contributed by atoms with Crippen molar-refractivity contribution >= 4 is 29.1 Å². The molecule has 4 nitrogen and oxygen atoms in total. The van der Waals surface area contributed by atoms with Gasteiger partial charge >= 0.3 is 0 Å². The highest BCUT2D eigenvalue weighted by Gasteiger charge is 2.56. The van der Waals surface area contributed by atoms with Gasteiger partial charge in [-0.1, -0.05) is 53.5 Å². The number of hydrogen-bond donors (Lipinski definition) is 1. The van der Waals surface area contributed by atoms with Gasteiger partial charge in [-0.15, -0.1) is 0 Å². The molecule has 1 N–H and O–H groups in total. The Morgan fingerprint density at radius 1 is 1.25 bits per heavy atom. The molecule has 2 unspecified atom stereocenters. The van der Waals surface area contributed by atoms with Gasteiger partial charge in [-0.3, -0.25) is 4.79 Å². The normalized spacial score (nSPS) is 34.0. The summed E-state index contributed by atoms with van der Waals surface area (Å²) in [4.78, 5) is 14.4. The SMILES string of the molecule is N#CN1[C@H]2CC[C@@H]1[C@H](NC(=O)C1CC1C(Cl)(Cl)c1ccccc1)C2. The van der Waals surface area contributed by atoms with E-state index in [0.29, 0.717) is 12.5 Å². The third kappa shape index (κ3) is 2.55. The maximum absolute atomic E-state index is 12.6. The average Bonchev–Trinajstić information content (AvgIpc) is 3.24. The first-order valence-electron chi connectivity index (χ1n) is 8.44. The molecule has 3 aliphatic rings. The molecule has 1 amide bonds. The summed E-state index contributed by atoms with van der Waals surface area (Å²) in [5, 5.41) is 12.4. The Hall–Kier alpha value is -1.44. The van der Waals surface area contributed by atoms with Crippen LogP contribution in [0.25, 0.3) is 0 Å². The van der Waals surface area contributed by atoms with Crippen molar-refractivity contribution in [1.29, 1.82) is 5.26 Å². The summed E-state index contributed by atoms with van der Waals surface area (Å²) in [6.07, 6.45) is 5.88. The van der Waals surface area contributed by atoms with Crippen LogP contribution in [-0.2, 0) is 9.13 Å².